The van der Waals surface area contributed by atoms with E-state index < -0.39 is 0 Å². The Kier molecular flexibility index (Phi) is 13.1. The number of rotatable bonds is 20. The number of carbonyl (C=O) groups is 1. The standard InChI is InChI=1S/C37H48O4/c1-2-3-4-5-8-13-28-39-33-24-22-32(23-25-33)37(38)41-34-26-20-31(21-27-34)35-16-11-12-17-36(35)40-29-14-9-6-7-10-15-30-18-19-30/h11-12,16-17,20-27,30H,2-10,13-15,18-19,28-29H2,1H3. The van der Waals surface area contributed by atoms with Crippen molar-refractivity contribution in [2.75, 3.05) is 13.2 Å². The largest absolute Gasteiger partial charge is 0.494 e. The first-order valence-corrected chi connectivity index (χ1v) is 16.0. The number of esters is 1. The van der Waals surface area contributed by atoms with Crippen molar-refractivity contribution in [2.45, 2.75) is 96.8 Å². The van der Waals surface area contributed by atoms with E-state index in [9.17, 15) is 4.79 Å². The van der Waals surface area contributed by atoms with Crippen molar-refractivity contribution in [1.82, 2.24) is 0 Å². The highest BCUT2D eigenvalue weighted by molar-refractivity contribution is 5.91. The fourth-order valence-electron chi connectivity index (χ4n) is 5.11. The van der Waals surface area contributed by atoms with Crippen LogP contribution in [0.2, 0.25) is 0 Å². The lowest BCUT2D eigenvalue weighted by molar-refractivity contribution is 0.0734. The van der Waals surface area contributed by atoms with Crippen LogP contribution in [0.15, 0.2) is 72.8 Å². The lowest BCUT2D eigenvalue weighted by atomic mass is 10.0. The predicted octanol–water partition coefficient (Wildman–Crippen LogP) is 10.4. The molecule has 1 aliphatic carbocycles. The molecule has 220 valence electrons. The molecule has 0 atom stereocenters. The van der Waals surface area contributed by atoms with Gasteiger partial charge in [0.25, 0.3) is 0 Å². The predicted molar refractivity (Wildman–Crippen MR) is 168 cm³/mol. The summed E-state index contributed by atoms with van der Waals surface area (Å²) < 4.78 is 17.6. The van der Waals surface area contributed by atoms with Gasteiger partial charge in [-0.05, 0) is 66.8 Å². The second-order valence-electron chi connectivity index (χ2n) is 11.4. The molecule has 3 aromatic carbocycles. The van der Waals surface area contributed by atoms with Crippen LogP contribution in [0, 0.1) is 5.92 Å². The smallest absolute Gasteiger partial charge is 0.343 e. The van der Waals surface area contributed by atoms with Gasteiger partial charge in [0, 0.05) is 5.56 Å². The molecule has 4 heteroatoms. The molecule has 0 aromatic heterocycles. The van der Waals surface area contributed by atoms with E-state index in [0.29, 0.717) is 17.9 Å². The Morgan fingerprint density at radius 2 is 1.27 bits per heavy atom. The number of para-hydroxylation sites is 1. The van der Waals surface area contributed by atoms with Gasteiger partial charge in [0.05, 0.1) is 18.8 Å². The van der Waals surface area contributed by atoms with Crippen molar-refractivity contribution < 1.29 is 19.0 Å². The van der Waals surface area contributed by atoms with E-state index >= 15 is 0 Å². The van der Waals surface area contributed by atoms with E-state index in [-0.39, 0.29) is 5.97 Å². The van der Waals surface area contributed by atoms with Crippen molar-refractivity contribution in [3.05, 3.63) is 78.4 Å². The van der Waals surface area contributed by atoms with Crippen LogP contribution >= 0.6 is 0 Å². The number of carbonyl (C=O) groups excluding carboxylic acids is 1. The summed E-state index contributed by atoms with van der Waals surface area (Å²) in [6, 6.07) is 23.0. The molecular weight excluding hydrogens is 508 g/mol. The van der Waals surface area contributed by atoms with Gasteiger partial charge in [-0.3, -0.25) is 0 Å². The Hall–Kier alpha value is -3.27. The highest BCUT2D eigenvalue weighted by Crippen LogP contribution is 2.34. The van der Waals surface area contributed by atoms with Gasteiger partial charge < -0.3 is 14.2 Å². The molecule has 1 aliphatic rings. The highest BCUT2D eigenvalue weighted by Gasteiger charge is 2.19. The number of unbranched alkanes of at least 4 members (excludes halogenated alkanes) is 9. The molecule has 0 unspecified atom stereocenters. The SMILES string of the molecule is CCCCCCCCOc1ccc(C(=O)Oc2ccc(-c3ccccc3OCCCCCCCC3CC3)cc2)cc1. The maximum Gasteiger partial charge on any atom is 0.343 e. The summed E-state index contributed by atoms with van der Waals surface area (Å²) in [4.78, 5) is 12.7. The molecule has 3 aromatic rings. The summed E-state index contributed by atoms with van der Waals surface area (Å²) in [5.41, 5.74) is 2.58. The van der Waals surface area contributed by atoms with Crippen LogP contribution in [-0.4, -0.2) is 19.2 Å². The minimum Gasteiger partial charge on any atom is -0.494 e. The maximum absolute atomic E-state index is 12.7. The Balaban J connectivity index is 1.18. The van der Waals surface area contributed by atoms with Gasteiger partial charge in [0.15, 0.2) is 0 Å². The minimum atomic E-state index is -0.378. The van der Waals surface area contributed by atoms with E-state index in [0.717, 1.165) is 48.0 Å². The van der Waals surface area contributed by atoms with Crippen molar-refractivity contribution in [2.24, 2.45) is 5.92 Å². The van der Waals surface area contributed by atoms with Gasteiger partial charge in [-0.25, -0.2) is 4.79 Å². The zero-order valence-corrected chi connectivity index (χ0v) is 25.0. The molecule has 0 aliphatic heterocycles. The minimum absolute atomic E-state index is 0.378. The molecule has 0 bridgehead atoms. The van der Waals surface area contributed by atoms with E-state index in [4.69, 9.17) is 14.2 Å². The second-order valence-corrected chi connectivity index (χ2v) is 11.4. The Bertz CT molecular complexity index is 1150. The van der Waals surface area contributed by atoms with Gasteiger partial charge in [-0.15, -0.1) is 0 Å². The summed E-state index contributed by atoms with van der Waals surface area (Å²) in [5.74, 6) is 2.86. The van der Waals surface area contributed by atoms with Crippen LogP contribution in [-0.2, 0) is 0 Å². The molecule has 0 radical (unpaired) electrons. The molecule has 0 heterocycles. The maximum atomic E-state index is 12.7. The van der Waals surface area contributed by atoms with Crippen molar-refractivity contribution in [3.63, 3.8) is 0 Å². The van der Waals surface area contributed by atoms with Gasteiger partial charge in [0.2, 0.25) is 0 Å². The molecule has 0 amide bonds. The van der Waals surface area contributed by atoms with Crippen molar-refractivity contribution in [3.8, 4) is 28.4 Å². The third kappa shape index (κ3) is 11.3. The van der Waals surface area contributed by atoms with Crippen LogP contribution in [0.4, 0.5) is 0 Å². The average Bonchev–Trinajstić information content (AvgIpc) is 3.83. The summed E-state index contributed by atoms with van der Waals surface area (Å²) in [7, 11) is 0. The molecule has 1 fully saturated rings. The van der Waals surface area contributed by atoms with Gasteiger partial charge in [-0.2, -0.15) is 0 Å². The summed E-state index contributed by atoms with van der Waals surface area (Å²) in [5, 5.41) is 0. The normalized spacial score (nSPS) is 12.7. The Labute approximate surface area is 247 Å². The molecule has 0 spiro atoms. The third-order valence-corrected chi connectivity index (χ3v) is 7.83. The molecule has 0 saturated heterocycles. The van der Waals surface area contributed by atoms with Crippen molar-refractivity contribution >= 4 is 5.97 Å². The van der Waals surface area contributed by atoms with E-state index in [1.807, 2.05) is 54.6 Å². The first-order chi connectivity index (χ1) is 20.2. The summed E-state index contributed by atoms with van der Waals surface area (Å²) >= 11 is 0. The first kappa shape index (κ1) is 30.7. The van der Waals surface area contributed by atoms with Crippen molar-refractivity contribution in [1.29, 1.82) is 0 Å². The Morgan fingerprint density at radius 1 is 0.659 bits per heavy atom. The van der Waals surface area contributed by atoms with Crippen LogP contribution in [0.5, 0.6) is 17.2 Å². The number of ether oxygens (including phenoxy) is 3. The molecule has 4 nitrogen and oxygen atoms in total. The zero-order chi connectivity index (χ0) is 28.5. The van der Waals surface area contributed by atoms with Gasteiger partial charge >= 0.3 is 5.97 Å². The lowest BCUT2D eigenvalue weighted by Gasteiger charge is -2.12. The topological polar surface area (TPSA) is 44.8 Å². The molecule has 1 saturated carbocycles. The Morgan fingerprint density at radius 3 is 1.98 bits per heavy atom. The van der Waals surface area contributed by atoms with Gasteiger partial charge in [-0.1, -0.05) is 114 Å². The number of hydrogen-bond acceptors (Lipinski definition) is 4. The number of benzene rings is 3. The summed E-state index contributed by atoms with van der Waals surface area (Å²) in [6.45, 7) is 3.67. The molecule has 41 heavy (non-hydrogen) atoms. The second kappa shape index (κ2) is 17.5. The monoisotopic (exact) mass is 556 g/mol. The third-order valence-electron chi connectivity index (χ3n) is 7.83. The summed E-state index contributed by atoms with van der Waals surface area (Å²) in [6.07, 6.45) is 18.1. The van der Waals surface area contributed by atoms with Crippen LogP contribution < -0.4 is 14.2 Å². The van der Waals surface area contributed by atoms with Crippen LogP contribution in [0.3, 0.4) is 0 Å². The van der Waals surface area contributed by atoms with Crippen LogP contribution in [0.25, 0.3) is 11.1 Å². The zero-order valence-electron chi connectivity index (χ0n) is 25.0. The fraction of sp³-hybridized carbons (Fsp3) is 0.486. The lowest BCUT2D eigenvalue weighted by Crippen LogP contribution is -2.08. The fourth-order valence-corrected chi connectivity index (χ4v) is 5.11. The number of hydrogen-bond donors (Lipinski definition) is 0. The van der Waals surface area contributed by atoms with Gasteiger partial charge in [0.1, 0.15) is 17.2 Å². The van der Waals surface area contributed by atoms with E-state index in [1.165, 1.54) is 77.0 Å². The van der Waals surface area contributed by atoms with Crippen LogP contribution in [0.1, 0.15) is 107 Å². The van der Waals surface area contributed by atoms with E-state index in [1.54, 1.807) is 12.1 Å². The quantitative estimate of drug-likeness (QED) is 0.0789. The average molecular weight is 557 g/mol. The highest BCUT2D eigenvalue weighted by atomic mass is 16.5. The first-order valence-electron chi connectivity index (χ1n) is 16.0. The van der Waals surface area contributed by atoms with E-state index in [2.05, 4.69) is 13.0 Å². The molecule has 0 N–H and O–H groups in total. The molecule has 4 rings (SSSR count). The molecular formula is C37H48O4.